The Morgan fingerprint density at radius 2 is 1.77 bits per heavy atom. The molecular weight excluding hydrogens is 513 g/mol. The van der Waals surface area contributed by atoms with E-state index in [4.69, 9.17) is 33.7 Å². The normalized spacial score (nSPS) is 12.4. The Labute approximate surface area is 216 Å². The molecule has 0 aliphatic rings. The minimum atomic E-state index is -3.82. The number of benzene rings is 2. The molecule has 11 heteroatoms. The summed E-state index contributed by atoms with van der Waals surface area (Å²) in [4.78, 5) is 26.5. The number of sulfonamides is 1. The SMILES string of the molecule is CC(C)C[C@@H](C(N)=O)N(CCCCNS(=O)(=O)c1ccc(Cl)cc1Cl)C(=O)COc1ccccc1. The second-order valence-electron chi connectivity index (χ2n) is 8.42. The third kappa shape index (κ3) is 9.33. The van der Waals surface area contributed by atoms with Crippen molar-refractivity contribution in [2.24, 2.45) is 11.7 Å². The number of primary amides is 1. The van der Waals surface area contributed by atoms with Crippen molar-refractivity contribution < 1.29 is 22.7 Å². The van der Waals surface area contributed by atoms with E-state index in [0.717, 1.165) is 0 Å². The Morgan fingerprint density at radius 3 is 2.37 bits per heavy atom. The number of hydrogen-bond acceptors (Lipinski definition) is 5. The van der Waals surface area contributed by atoms with Crippen LogP contribution in [0.15, 0.2) is 53.4 Å². The van der Waals surface area contributed by atoms with Crippen LogP contribution in [0.5, 0.6) is 5.75 Å². The summed E-state index contributed by atoms with van der Waals surface area (Å²) in [6.07, 6.45) is 1.27. The van der Waals surface area contributed by atoms with Crippen LogP contribution in [0.25, 0.3) is 0 Å². The van der Waals surface area contributed by atoms with E-state index in [2.05, 4.69) is 4.72 Å². The third-order valence-corrected chi connectivity index (χ3v) is 7.31. The van der Waals surface area contributed by atoms with Gasteiger partial charge in [-0.2, -0.15) is 0 Å². The predicted octanol–water partition coefficient (Wildman–Crippen LogP) is 3.86. The van der Waals surface area contributed by atoms with Crippen molar-refractivity contribution in [1.29, 1.82) is 0 Å². The van der Waals surface area contributed by atoms with Crippen LogP contribution in [0.4, 0.5) is 0 Å². The first-order valence-electron chi connectivity index (χ1n) is 11.2. The van der Waals surface area contributed by atoms with Crippen LogP contribution in [0.2, 0.25) is 10.0 Å². The maximum absolute atomic E-state index is 13.0. The van der Waals surface area contributed by atoms with Gasteiger partial charge >= 0.3 is 0 Å². The van der Waals surface area contributed by atoms with Crippen molar-refractivity contribution in [2.45, 2.75) is 44.0 Å². The first-order chi connectivity index (χ1) is 16.5. The topological polar surface area (TPSA) is 119 Å². The average molecular weight is 545 g/mol. The first kappa shape index (κ1) is 28.9. The van der Waals surface area contributed by atoms with Crippen molar-refractivity contribution in [2.75, 3.05) is 19.7 Å². The molecule has 2 rings (SSSR count). The zero-order valence-electron chi connectivity index (χ0n) is 19.7. The van der Waals surface area contributed by atoms with Crippen LogP contribution in [-0.2, 0) is 19.6 Å². The minimum Gasteiger partial charge on any atom is -0.484 e. The molecule has 2 aromatic carbocycles. The number of ether oxygens (including phenoxy) is 1. The molecule has 0 unspecified atom stereocenters. The number of rotatable bonds is 14. The molecule has 0 aliphatic carbocycles. The van der Waals surface area contributed by atoms with Crippen LogP contribution in [0.3, 0.4) is 0 Å². The van der Waals surface area contributed by atoms with Crippen LogP contribution < -0.4 is 15.2 Å². The lowest BCUT2D eigenvalue weighted by atomic mass is 10.0. The fraction of sp³-hybridized carbons (Fsp3) is 0.417. The molecule has 8 nitrogen and oxygen atoms in total. The molecule has 2 aromatic rings. The summed E-state index contributed by atoms with van der Waals surface area (Å²) >= 11 is 11.8. The lowest BCUT2D eigenvalue weighted by Gasteiger charge is -2.31. The summed E-state index contributed by atoms with van der Waals surface area (Å²) in [5.41, 5.74) is 5.62. The quantitative estimate of drug-likeness (QED) is 0.350. The van der Waals surface area contributed by atoms with Crippen molar-refractivity contribution in [1.82, 2.24) is 9.62 Å². The summed E-state index contributed by atoms with van der Waals surface area (Å²) in [6.45, 7) is 3.98. The van der Waals surface area contributed by atoms with E-state index in [1.54, 1.807) is 24.3 Å². The van der Waals surface area contributed by atoms with Gasteiger partial charge in [0.2, 0.25) is 15.9 Å². The largest absolute Gasteiger partial charge is 0.484 e. The summed E-state index contributed by atoms with van der Waals surface area (Å²) in [6, 6.07) is 12.2. The smallest absolute Gasteiger partial charge is 0.261 e. The molecule has 0 radical (unpaired) electrons. The minimum absolute atomic E-state index is 0.0261. The van der Waals surface area contributed by atoms with Gasteiger partial charge in [-0.3, -0.25) is 9.59 Å². The highest BCUT2D eigenvalue weighted by molar-refractivity contribution is 7.89. The molecule has 35 heavy (non-hydrogen) atoms. The maximum Gasteiger partial charge on any atom is 0.261 e. The summed E-state index contributed by atoms with van der Waals surface area (Å²) in [5.74, 6) is -0.291. The zero-order valence-corrected chi connectivity index (χ0v) is 22.1. The predicted molar refractivity (Wildman–Crippen MR) is 137 cm³/mol. The van der Waals surface area contributed by atoms with Gasteiger partial charge in [0.25, 0.3) is 5.91 Å². The standard InChI is InChI=1S/C24H31Cl2N3O5S/c1-17(2)14-21(24(27)31)29(23(30)16-34-19-8-4-3-5-9-19)13-7-6-12-28-35(32,33)22-11-10-18(25)15-20(22)26/h3-5,8-11,15,17,21,28H,6-7,12-14,16H2,1-2H3,(H2,27,31)/t21-/m0/s1. The van der Waals surface area contributed by atoms with Gasteiger partial charge in [0.1, 0.15) is 16.7 Å². The Morgan fingerprint density at radius 1 is 1.09 bits per heavy atom. The summed E-state index contributed by atoms with van der Waals surface area (Å²) < 4.78 is 33.1. The molecule has 0 saturated heterocycles. The number of nitrogens with one attached hydrogen (secondary N) is 1. The van der Waals surface area contributed by atoms with Gasteiger partial charge in [-0.15, -0.1) is 0 Å². The maximum atomic E-state index is 13.0. The first-order valence-corrected chi connectivity index (χ1v) is 13.5. The number of halogens is 2. The van der Waals surface area contributed by atoms with E-state index in [-0.39, 0.29) is 41.4 Å². The van der Waals surface area contributed by atoms with E-state index in [1.807, 2.05) is 19.9 Å². The Balaban J connectivity index is 1.99. The number of carbonyl (C=O) groups is 2. The lowest BCUT2D eigenvalue weighted by molar-refractivity contribution is -0.141. The lowest BCUT2D eigenvalue weighted by Crippen LogP contribution is -2.50. The summed E-state index contributed by atoms with van der Waals surface area (Å²) in [7, 11) is -3.82. The fourth-order valence-electron chi connectivity index (χ4n) is 3.43. The van der Waals surface area contributed by atoms with Crippen molar-refractivity contribution in [3.63, 3.8) is 0 Å². The number of amides is 2. The average Bonchev–Trinajstić information content (AvgIpc) is 2.78. The molecule has 0 heterocycles. The van der Waals surface area contributed by atoms with E-state index < -0.39 is 22.0 Å². The number of nitrogens with two attached hydrogens (primary N) is 1. The molecule has 0 spiro atoms. The molecule has 3 N–H and O–H groups in total. The molecule has 1 atom stereocenters. The second kappa shape index (κ2) is 13.7. The monoisotopic (exact) mass is 543 g/mol. The van der Waals surface area contributed by atoms with Gasteiger partial charge in [0, 0.05) is 18.1 Å². The molecule has 0 fully saturated rings. The second-order valence-corrected chi connectivity index (χ2v) is 11.0. The zero-order chi connectivity index (χ0) is 26.0. The van der Waals surface area contributed by atoms with Gasteiger partial charge in [-0.05, 0) is 55.5 Å². The van der Waals surface area contributed by atoms with E-state index in [9.17, 15) is 18.0 Å². The van der Waals surface area contributed by atoms with E-state index >= 15 is 0 Å². The van der Waals surface area contributed by atoms with Crippen molar-refractivity contribution in [3.05, 3.63) is 58.6 Å². The Bertz CT molecular complexity index is 1100. The molecule has 0 bridgehead atoms. The van der Waals surface area contributed by atoms with E-state index in [1.165, 1.54) is 23.1 Å². The van der Waals surface area contributed by atoms with Crippen molar-refractivity contribution in [3.8, 4) is 5.75 Å². The number of para-hydroxylation sites is 1. The molecule has 0 aliphatic heterocycles. The number of nitrogens with zero attached hydrogens (tertiary/aromatic N) is 1. The van der Waals surface area contributed by atoms with Crippen LogP contribution >= 0.6 is 23.2 Å². The Hall–Kier alpha value is -2.33. The molecule has 0 saturated carbocycles. The van der Waals surface area contributed by atoms with Gasteiger partial charge in [-0.25, -0.2) is 13.1 Å². The van der Waals surface area contributed by atoms with Crippen LogP contribution in [0, 0.1) is 5.92 Å². The van der Waals surface area contributed by atoms with Gasteiger partial charge < -0.3 is 15.4 Å². The van der Waals surface area contributed by atoms with Gasteiger partial charge in [-0.1, -0.05) is 55.2 Å². The van der Waals surface area contributed by atoms with Gasteiger partial charge in [0.15, 0.2) is 6.61 Å². The number of carbonyl (C=O) groups excluding carboxylic acids is 2. The highest BCUT2D eigenvalue weighted by atomic mass is 35.5. The highest BCUT2D eigenvalue weighted by Gasteiger charge is 2.29. The Kier molecular flexibility index (Phi) is 11.3. The number of unbranched alkanes of at least 4 members (excludes halogenated alkanes) is 1. The molecular formula is C24H31Cl2N3O5S. The van der Waals surface area contributed by atoms with E-state index in [0.29, 0.717) is 30.0 Å². The number of hydrogen-bond donors (Lipinski definition) is 2. The fourth-order valence-corrected chi connectivity index (χ4v) is 5.27. The van der Waals surface area contributed by atoms with Gasteiger partial charge in [0.05, 0.1) is 5.02 Å². The molecule has 0 aromatic heterocycles. The van der Waals surface area contributed by atoms with Crippen LogP contribution in [0.1, 0.15) is 33.1 Å². The van der Waals surface area contributed by atoms with Crippen LogP contribution in [-0.4, -0.2) is 50.9 Å². The third-order valence-electron chi connectivity index (χ3n) is 5.13. The molecule has 2 amide bonds. The molecule has 192 valence electrons. The summed E-state index contributed by atoms with van der Waals surface area (Å²) in [5, 5.41) is 0.360. The van der Waals surface area contributed by atoms with Crippen molar-refractivity contribution >= 4 is 45.0 Å². The highest BCUT2D eigenvalue weighted by Crippen LogP contribution is 2.24.